The second-order valence-electron chi connectivity index (χ2n) is 9.02. The number of aromatic nitrogens is 1. The molecule has 35 heavy (non-hydrogen) atoms. The van der Waals surface area contributed by atoms with E-state index in [1.54, 1.807) is 27.4 Å². The Morgan fingerprint density at radius 3 is 2.31 bits per heavy atom. The van der Waals surface area contributed by atoms with Crippen LogP contribution in [-0.2, 0) is 10.0 Å². The van der Waals surface area contributed by atoms with Crippen molar-refractivity contribution in [3.05, 3.63) is 53.8 Å². The SMILES string of the molecule is O=C(c1ccc(S(=O)(=O)N2CCCCCC2)cc1)N1CCC(Oc2nc3c(F)cccc3s2)CC1. The summed E-state index contributed by atoms with van der Waals surface area (Å²) in [6.07, 6.45) is 5.07. The number of hydrogen-bond acceptors (Lipinski definition) is 6. The zero-order valence-electron chi connectivity index (χ0n) is 19.4. The molecule has 0 spiro atoms. The highest BCUT2D eigenvalue weighted by Gasteiger charge is 2.28. The average Bonchev–Trinajstić information content (AvgIpc) is 3.08. The molecule has 5 rings (SSSR count). The summed E-state index contributed by atoms with van der Waals surface area (Å²) in [6.45, 7) is 2.14. The van der Waals surface area contributed by atoms with E-state index in [1.807, 2.05) is 6.07 Å². The van der Waals surface area contributed by atoms with Crippen molar-refractivity contribution in [2.75, 3.05) is 26.2 Å². The molecule has 3 heterocycles. The Balaban J connectivity index is 1.18. The van der Waals surface area contributed by atoms with Gasteiger partial charge in [0.25, 0.3) is 11.1 Å². The number of rotatable bonds is 5. The molecular weight excluding hydrogens is 489 g/mol. The molecule has 186 valence electrons. The molecule has 7 nitrogen and oxygen atoms in total. The van der Waals surface area contributed by atoms with Gasteiger partial charge in [0.1, 0.15) is 17.4 Å². The number of nitrogens with zero attached hydrogens (tertiary/aromatic N) is 3. The van der Waals surface area contributed by atoms with Gasteiger partial charge in [-0.2, -0.15) is 9.29 Å². The van der Waals surface area contributed by atoms with Crippen LogP contribution in [0.1, 0.15) is 48.9 Å². The summed E-state index contributed by atoms with van der Waals surface area (Å²) in [6, 6.07) is 11.1. The van der Waals surface area contributed by atoms with Crippen molar-refractivity contribution >= 4 is 37.5 Å². The molecular formula is C25H28FN3O4S2. The Morgan fingerprint density at radius 1 is 0.971 bits per heavy atom. The Kier molecular flexibility index (Phi) is 7.04. The molecule has 3 aromatic rings. The molecule has 2 aliphatic heterocycles. The van der Waals surface area contributed by atoms with Crippen LogP contribution in [0.15, 0.2) is 47.4 Å². The second kappa shape index (κ2) is 10.2. The lowest BCUT2D eigenvalue weighted by molar-refractivity contribution is 0.0595. The van der Waals surface area contributed by atoms with Crippen LogP contribution in [0, 0.1) is 5.82 Å². The number of likely N-dealkylation sites (tertiary alicyclic amines) is 1. The fourth-order valence-electron chi connectivity index (χ4n) is 4.65. The van der Waals surface area contributed by atoms with E-state index < -0.39 is 10.0 Å². The maximum atomic E-state index is 13.9. The van der Waals surface area contributed by atoms with E-state index in [9.17, 15) is 17.6 Å². The monoisotopic (exact) mass is 517 g/mol. The highest BCUT2D eigenvalue weighted by molar-refractivity contribution is 7.89. The number of sulfonamides is 1. The predicted octanol–water partition coefficient (Wildman–Crippen LogP) is 4.68. The maximum absolute atomic E-state index is 13.9. The molecule has 0 saturated carbocycles. The third-order valence-corrected chi connectivity index (χ3v) is 9.48. The van der Waals surface area contributed by atoms with Crippen LogP contribution < -0.4 is 4.74 Å². The third-order valence-electron chi connectivity index (χ3n) is 6.65. The van der Waals surface area contributed by atoms with E-state index in [0.29, 0.717) is 55.3 Å². The highest BCUT2D eigenvalue weighted by atomic mass is 32.2. The first-order chi connectivity index (χ1) is 16.9. The van der Waals surface area contributed by atoms with Crippen molar-refractivity contribution in [1.82, 2.24) is 14.2 Å². The van der Waals surface area contributed by atoms with Crippen molar-refractivity contribution < 1.29 is 22.3 Å². The van der Waals surface area contributed by atoms with Gasteiger partial charge >= 0.3 is 0 Å². The molecule has 0 aliphatic carbocycles. The lowest BCUT2D eigenvalue weighted by atomic mass is 10.1. The Labute approximate surface area is 208 Å². The number of amides is 1. The summed E-state index contributed by atoms with van der Waals surface area (Å²) in [5.41, 5.74) is 0.794. The number of thiazole rings is 1. The third kappa shape index (κ3) is 5.19. The Morgan fingerprint density at radius 2 is 1.66 bits per heavy atom. The van der Waals surface area contributed by atoms with Crippen LogP contribution in [0.25, 0.3) is 10.2 Å². The van der Waals surface area contributed by atoms with Gasteiger partial charge in [-0.05, 0) is 49.2 Å². The van der Waals surface area contributed by atoms with Crippen molar-refractivity contribution in [1.29, 1.82) is 0 Å². The van der Waals surface area contributed by atoms with Gasteiger partial charge in [0.05, 0.1) is 9.60 Å². The standard InChI is InChI=1S/C25H28FN3O4S2/c26-21-6-5-7-22-23(21)27-25(34-22)33-19-12-16-28(17-13-19)24(30)18-8-10-20(11-9-18)35(31,32)29-14-3-1-2-4-15-29/h5-11,19H,1-4,12-17H2. The molecule has 0 bridgehead atoms. The quantitative estimate of drug-likeness (QED) is 0.491. The molecule has 1 aromatic heterocycles. The minimum Gasteiger partial charge on any atom is -0.467 e. The lowest BCUT2D eigenvalue weighted by Crippen LogP contribution is -2.41. The minimum absolute atomic E-state index is 0.0937. The van der Waals surface area contributed by atoms with Crippen molar-refractivity contribution in [2.24, 2.45) is 0 Å². The highest BCUT2D eigenvalue weighted by Crippen LogP contribution is 2.31. The van der Waals surface area contributed by atoms with Gasteiger partial charge in [0.15, 0.2) is 0 Å². The fourth-order valence-corrected chi connectivity index (χ4v) is 7.06. The topological polar surface area (TPSA) is 79.8 Å². The van der Waals surface area contributed by atoms with Crippen molar-refractivity contribution in [2.45, 2.75) is 49.5 Å². The number of fused-ring (bicyclic) bond motifs is 1. The summed E-state index contributed by atoms with van der Waals surface area (Å²) in [4.78, 5) is 19.3. The average molecular weight is 518 g/mol. The molecule has 2 fully saturated rings. The molecule has 0 unspecified atom stereocenters. The number of piperidine rings is 1. The van der Waals surface area contributed by atoms with E-state index >= 15 is 0 Å². The second-order valence-corrected chi connectivity index (χ2v) is 11.9. The molecule has 0 radical (unpaired) electrons. The summed E-state index contributed by atoms with van der Waals surface area (Å²) in [5.74, 6) is -0.483. The number of carbonyl (C=O) groups is 1. The molecule has 1 amide bonds. The van der Waals surface area contributed by atoms with Crippen molar-refractivity contribution in [3.8, 4) is 5.19 Å². The zero-order valence-corrected chi connectivity index (χ0v) is 21.0. The summed E-state index contributed by atoms with van der Waals surface area (Å²) in [7, 11) is -3.54. The molecule has 10 heteroatoms. The van der Waals surface area contributed by atoms with Crippen LogP contribution in [-0.4, -0.2) is 60.8 Å². The molecule has 2 aromatic carbocycles. The molecule has 2 saturated heterocycles. The van der Waals surface area contributed by atoms with Crippen LogP contribution in [0.3, 0.4) is 0 Å². The lowest BCUT2D eigenvalue weighted by Gasteiger charge is -2.31. The largest absolute Gasteiger partial charge is 0.467 e. The Hall–Kier alpha value is -2.56. The molecule has 2 aliphatic rings. The minimum atomic E-state index is -3.54. The van der Waals surface area contributed by atoms with Gasteiger partial charge in [0.2, 0.25) is 10.0 Å². The molecule has 0 N–H and O–H groups in total. The number of hydrogen-bond donors (Lipinski definition) is 0. The number of carbonyl (C=O) groups excluding carboxylic acids is 1. The Bertz CT molecular complexity index is 1290. The first kappa shape index (κ1) is 24.1. The zero-order chi connectivity index (χ0) is 24.4. The van der Waals surface area contributed by atoms with Gasteiger partial charge in [-0.25, -0.2) is 12.8 Å². The van der Waals surface area contributed by atoms with E-state index in [0.717, 1.165) is 30.4 Å². The smallest absolute Gasteiger partial charge is 0.274 e. The van der Waals surface area contributed by atoms with Gasteiger partial charge in [0, 0.05) is 44.6 Å². The first-order valence-electron chi connectivity index (χ1n) is 12.0. The number of benzene rings is 2. The number of ether oxygens (including phenoxy) is 1. The van der Waals surface area contributed by atoms with E-state index in [2.05, 4.69) is 4.98 Å². The maximum Gasteiger partial charge on any atom is 0.274 e. The number of halogens is 1. The van der Waals surface area contributed by atoms with Crippen LogP contribution in [0.4, 0.5) is 4.39 Å². The van der Waals surface area contributed by atoms with Crippen LogP contribution in [0.5, 0.6) is 5.19 Å². The normalized spacial score (nSPS) is 18.5. The summed E-state index contributed by atoms with van der Waals surface area (Å²) in [5, 5.41) is 0.441. The van der Waals surface area contributed by atoms with Gasteiger partial charge < -0.3 is 9.64 Å². The molecule has 0 atom stereocenters. The van der Waals surface area contributed by atoms with Gasteiger partial charge in [-0.3, -0.25) is 4.79 Å². The summed E-state index contributed by atoms with van der Waals surface area (Å²) < 4.78 is 48.1. The van der Waals surface area contributed by atoms with Gasteiger partial charge in [-0.1, -0.05) is 30.2 Å². The summed E-state index contributed by atoms with van der Waals surface area (Å²) >= 11 is 1.32. The van der Waals surface area contributed by atoms with Crippen molar-refractivity contribution in [3.63, 3.8) is 0 Å². The van der Waals surface area contributed by atoms with Crippen LogP contribution in [0.2, 0.25) is 0 Å². The van der Waals surface area contributed by atoms with Gasteiger partial charge in [-0.15, -0.1) is 0 Å². The predicted molar refractivity (Wildman–Crippen MR) is 133 cm³/mol. The van der Waals surface area contributed by atoms with Crippen LogP contribution >= 0.6 is 11.3 Å². The van der Waals surface area contributed by atoms with E-state index in [4.69, 9.17) is 4.74 Å². The van der Waals surface area contributed by atoms with E-state index in [1.165, 1.54) is 29.5 Å². The number of para-hydroxylation sites is 1. The van der Waals surface area contributed by atoms with E-state index in [-0.39, 0.29) is 22.7 Å². The fraction of sp³-hybridized carbons (Fsp3) is 0.440. The first-order valence-corrected chi connectivity index (χ1v) is 14.3.